The molecule has 0 fully saturated rings. The third-order valence-corrected chi connectivity index (χ3v) is 2.88. The van der Waals surface area contributed by atoms with Gasteiger partial charge in [0.25, 0.3) is 0 Å². The van der Waals surface area contributed by atoms with Crippen molar-refractivity contribution in [3.8, 4) is 0 Å². The highest BCUT2D eigenvalue weighted by atomic mass is 16.7. The molecule has 0 rings (SSSR count). The third-order valence-electron chi connectivity index (χ3n) is 2.88. The molecule has 1 atom stereocenters. The summed E-state index contributed by atoms with van der Waals surface area (Å²) in [5.41, 5.74) is -0.561. The molecule has 0 radical (unpaired) electrons. The smallest absolute Gasteiger partial charge is 0.431 e. The lowest BCUT2D eigenvalue weighted by atomic mass is 9.93. The van der Waals surface area contributed by atoms with Gasteiger partial charge in [-0.15, -0.1) is 0 Å². The number of hydrogen-bond acceptors (Lipinski definition) is 3. The van der Waals surface area contributed by atoms with Crippen LogP contribution in [0.4, 0.5) is 4.79 Å². The zero-order valence-electron chi connectivity index (χ0n) is 11.6. The van der Waals surface area contributed by atoms with E-state index in [4.69, 9.17) is 9.47 Å². The van der Waals surface area contributed by atoms with Gasteiger partial charge in [0.2, 0.25) is 0 Å². The zero-order chi connectivity index (χ0) is 13.3. The van der Waals surface area contributed by atoms with Gasteiger partial charge in [0.05, 0.1) is 0 Å². The second-order valence-corrected chi connectivity index (χ2v) is 4.46. The van der Waals surface area contributed by atoms with Gasteiger partial charge in [0.1, 0.15) is 11.7 Å². The van der Waals surface area contributed by atoms with E-state index < -0.39 is 11.8 Å². The Labute approximate surface area is 105 Å². The summed E-state index contributed by atoms with van der Waals surface area (Å²) in [5, 5.41) is 0. The number of ether oxygens (including phenoxy) is 2. The van der Waals surface area contributed by atoms with Gasteiger partial charge < -0.3 is 9.47 Å². The van der Waals surface area contributed by atoms with Gasteiger partial charge in [0, 0.05) is 0 Å². The van der Waals surface area contributed by atoms with Gasteiger partial charge in [-0.1, -0.05) is 40.2 Å². The van der Waals surface area contributed by atoms with Gasteiger partial charge in [-0.25, -0.2) is 4.79 Å². The third kappa shape index (κ3) is 5.76. The topological polar surface area (TPSA) is 35.5 Å². The second-order valence-electron chi connectivity index (χ2n) is 4.46. The first-order valence-corrected chi connectivity index (χ1v) is 6.56. The first-order chi connectivity index (χ1) is 8.03. The van der Waals surface area contributed by atoms with E-state index in [2.05, 4.69) is 20.4 Å². The maximum Gasteiger partial charge on any atom is 0.509 e. The number of hydrogen-bond donors (Lipinski definition) is 0. The first kappa shape index (κ1) is 16.0. The van der Waals surface area contributed by atoms with Crippen LogP contribution in [0.2, 0.25) is 0 Å². The lowest BCUT2D eigenvalue weighted by molar-refractivity contribution is -0.0337. The van der Waals surface area contributed by atoms with Crippen molar-refractivity contribution in [3.63, 3.8) is 0 Å². The van der Waals surface area contributed by atoms with Crippen molar-refractivity contribution in [3.05, 3.63) is 12.7 Å². The molecule has 100 valence electrons. The molecule has 0 amide bonds. The van der Waals surface area contributed by atoms with Crippen molar-refractivity contribution in [1.29, 1.82) is 0 Å². The van der Waals surface area contributed by atoms with Crippen LogP contribution in [0.1, 0.15) is 59.8 Å². The van der Waals surface area contributed by atoms with Gasteiger partial charge in [0.15, 0.2) is 0 Å². The Balaban J connectivity index is 4.50. The van der Waals surface area contributed by atoms with Crippen molar-refractivity contribution in [1.82, 2.24) is 0 Å². The Morgan fingerprint density at radius 1 is 1.29 bits per heavy atom. The molecule has 0 aliphatic heterocycles. The minimum Gasteiger partial charge on any atom is -0.431 e. The molecular weight excluding hydrogens is 216 g/mol. The van der Waals surface area contributed by atoms with Crippen molar-refractivity contribution >= 4 is 6.16 Å². The maximum absolute atomic E-state index is 11.6. The highest BCUT2D eigenvalue weighted by molar-refractivity contribution is 5.61. The van der Waals surface area contributed by atoms with E-state index >= 15 is 0 Å². The SMILES string of the molecule is C=CC(CCC)(CCC)OC(=O)OC(C)CC. The van der Waals surface area contributed by atoms with E-state index in [-0.39, 0.29) is 6.10 Å². The molecule has 1 unspecified atom stereocenters. The van der Waals surface area contributed by atoms with Crippen molar-refractivity contribution < 1.29 is 14.3 Å². The lowest BCUT2D eigenvalue weighted by Gasteiger charge is -2.29. The highest BCUT2D eigenvalue weighted by Crippen LogP contribution is 2.26. The molecule has 0 aromatic heterocycles. The molecule has 0 bridgehead atoms. The molecule has 0 aliphatic rings. The van der Waals surface area contributed by atoms with E-state index in [0.717, 1.165) is 32.1 Å². The Hall–Kier alpha value is -0.990. The minimum atomic E-state index is -0.582. The van der Waals surface area contributed by atoms with Crippen LogP contribution in [0.15, 0.2) is 12.7 Å². The standard InChI is InChI=1S/C14H26O3/c1-6-10-14(9-4,11-7-2)17-13(15)16-12(5)8-3/h9,12H,4,6-8,10-11H2,1-3,5H3. The molecule has 3 nitrogen and oxygen atoms in total. The van der Waals surface area contributed by atoms with Crippen molar-refractivity contribution in [2.24, 2.45) is 0 Å². The summed E-state index contributed by atoms with van der Waals surface area (Å²) in [6, 6.07) is 0. The van der Waals surface area contributed by atoms with Crippen LogP contribution in [0.25, 0.3) is 0 Å². The van der Waals surface area contributed by atoms with Crippen LogP contribution in [0, 0.1) is 0 Å². The molecule has 17 heavy (non-hydrogen) atoms. The van der Waals surface area contributed by atoms with E-state index in [1.165, 1.54) is 0 Å². The van der Waals surface area contributed by atoms with Crippen LogP contribution in [0.5, 0.6) is 0 Å². The molecule has 0 saturated heterocycles. The molecule has 0 aromatic rings. The summed E-state index contributed by atoms with van der Waals surface area (Å²) in [6.45, 7) is 11.8. The van der Waals surface area contributed by atoms with Crippen molar-refractivity contribution in [2.45, 2.75) is 71.5 Å². The summed E-state index contributed by atoms with van der Waals surface area (Å²) in [7, 11) is 0. The molecule has 3 heteroatoms. The normalized spacial score (nSPS) is 12.9. The largest absolute Gasteiger partial charge is 0.509 e. The zero-order valence-corrected chi connectivity index (χ0v) is 11.6. The van der Waals surface area contributed by atoms with E-state index in [9.17, 15) is 4.79 Å². The second kappa shape index (κ2) is 8.15. The van der Waals surface area contributed by atoms with Crippen LogP contribution in [-0.2, 0) is 9.47 Å². The Kier molecular flexibility index (Phi) is 7.68. The summed E-state index contributed by atoms with van der Waals surface area (Å²) in [4.78, 5) is 11.6. The summed E-state index contributed by atoms with van der Waals surface area (Å²) >= 11 is 0. The van der Waals surface area contributed by atoms with Gasteiger partial charge in [-0.3, -0.25) is 0 Å². The van der Waals surface area contributed by atoms with Crippen LogP contribution >= 0.6 is 0 Å². The Morgan fingerprint density at radius 3 is 2.18 bits per heavy atom. The number of carbonyl (C=O) groups is 1. The summed E-state index contributed by atoms with van der Waals surface area (Å²) in [6.07, 6.45) is 5.32. The summed E-state index contributed by atoms with van der Waals surface area (Å²) < 4.78 is 10.6. The van der Waals surface area contributed by atoms with Crippen LogP contribution in [0.3, 0.4) is 0 Å². The molecule has 0 heterocycles. The van der Waals surface area contributed by atoms with Crippen LogP contribution in [-0.4, -0.2) is 17.9 Å². The van der Waals surface area contributed by atoms with E-state index in [1.54, 1.807) is 6.08 Å². The predicted molar refractivity (Wildman–Crippen MR) is 70.1 cm³/mol. The van der Waals surface area contributed by atoms with E-state index in [0.29, 0.717) is 0 Å². The highest BCUT2D eigenvalue weighted by Gasteiger charge is 2.30. The average molecular weight is 242 g/mol. The molecule has 0 aromatic carbocycles. The maximum atomic E-state index is 11.6. The Morgan fingerprint density at radius 2 is 1.82 bits per heavy atom. The summed E-state index contributed by atoms with van der Waals surface area (Å²) in [5.74, 6) is 0. The number of carbonyl (C=O) groups excluding carboxylic acids is 1. The van der Waals surface area contributed by atoms with Gasteiger partial charge in [-0.2, -0.15) is 0 Å². The molecule has 0 spiro atoms. The monoisotopic (exact) mass is 242 g/mol. The average Bonchev–Trinajstić information content (AvgIpc) is 2.29. The number of rotatable bonds is 8. The minimum absolute atomic E-state index is 0.103. The fourth-order valence-corrected chi connectivity index (χ4v) is 1.76. The fourth-order valence-electron chi connectivity index (χ4n) is 1.76. The predicted octanol–water partition coefficient (Wildman–Crippen LogP) is 4.46. The molecule has 0 N–H and O–H groups in total. The van der Waals surface area contributed by atoms with Crippen LogP contribution < -0.4 is 0 Å². The van der Waals surface area contributed by atoms with Gasteiger partial charge >= 0.3 is 6.16 Å². The quantitative estimate of drug-likeness (QED) is 0.465. The molecule has 0 aliphatic carbocycles. The lowest BCUT2D eigenvalue weighted by Crippen LogP contribution is -2.34. The Bertz CT molecular complexity index is 230. The fraction of sp³-hybridized carbons (Fsp3) is 0.786. The molecular formula is C14H26O3. The molecule has 0 saturated carbocycles. The van der Waals surface area contributed by atoms with Crippen molar-refractivity contribution in [2.75, 3.05) is 0 Å². The van der Waals surface area contributed by atoms with E-state index in [1.807, 2.05) is 13.8 Å². The van der Waals surface area contributed by atoms with Gasteiger partial charge in [-0.05, 0) is 32.3 Å². The first-order valence-electron chi connectivity index (χ1n) is 6.56.